The summed E-state index contributed by atoms with van der Waals surface area (Å²) in [6.45, 7) is 7.49. The normalized spacial score (nSPS) is 21.3. The molecule has 2 aromatic heterocycles. The number of anilines is 1. The lowest BCUT2D eigenvalue weighted by molar-refractivity contribution is -0.0548. The summed E-state index contributed by atoms with van der Waals surface area (Å²) in [5, 5.41) is 7.86. The van der Waals surface area contributed by atoms with Crippen molar-refractivity contribution in [2.24, 2.45) is 0 Å². The maximum Gasteiger partial charge on any atom is 0.243 e. The summed E-state index contributed by atoms with van der Waals surface area (Å²) in [5.41, 5.74) is 1.38. The number of nitrogens with zero attached hydrogens (tertiary/aromatic N) is 6. The highest BCUT2D eigenvalue weighted by Crippen LogP contribution is 2.39. The van der Waals surface area contributed by atoms with Crippen molar-refractivity contribution in [3.8, 4) is 17.2 Å². The largest absolute Gasteiger partial charge is 0.494 e. The molecule has 13 heteroatoms. The van der Waals surface area contributed by atoms with Gasteiger partial charge >= 0.3 is 0 Å². The van der Waals surface area contributed by atoms with E-state index in [1.54, 1.807) is 63.2 Å². The molecule has 12 nitrogen and oxygen atoms in total. The van der Waals surface area contributed by atoms with E-state index in [9.17, 15) is 8.42 Å². The van der Waals surface area contributed by atoms with E-state index < -0.39 is 27.3 Å². The predicted molar refractivity (Wildman–Crippen MR) is 145 cm³/mol. The molecule has 3 aromatic rings. The van der Waals surface area contributed by atoms with Crippen LogP contribution in [-0.4, -0.2) is 83.3 Å². The van der Waals surface area contributed by atoms with Gasteiger partial charge in [0.05, 0.1) is 26.1 Å². The number of ether oxygens (including phenoxy) is 3. The Morgan fingerprint density at radius 1 is 1.10 bits per heavy atom. The molecule has 4 heterocycles. The Morgan fingerprint density at radius 3 is 2.46 bits per heavy atom. The zero-order valence-corrected chi connectivity index (χ0v) is 23.7. The van der Waals surface area contributed by atoms with Crippen LogP contribution in [0.5, 0.6) is 11.5 Å². The molecule has 2 aliphatic rings. The molecular weight excluding hydrogens is 522 g/mol. The van der Waals surface area contributed by atoms with Crippen LogP contribution in [0.1, 0.15) is 55.9 Å². The number of rotatable bonds is 9. The Morgan fingerprint density at radius 2 is 1.79 bits per heavy atom. The molecule has 5 rings (SSSR count). The van der Waals surface area contributed by atoms with E-state index in [0.29, 0.717) is 48.0 Å². The van der Waals surface area contributed by atoms with E-state index in [0.717, 1.165) is 24.9 Å². The molecular formula is C26H35N7O5S. The van der Waals surface area contributed by atoms with E-state index in [2.05, 4.69) is 29.8 Å². The molecule has 0 saturated carbocycles. The summed E-state index contributed by atoms with van der Waals surface area (Å²) in [5.74, 6) is 1.39. The molecule has 1 aromatic carbocycles. The van der Waals surface area contributed by atoms with Crippen LogP contribution in [0, 0.1) is 6.92 Å². The molecule has 4 atom stereocenters. The molecule has 0 aliphatic carbocycles. The van der Waals surface area contributed by atoms with Crippen LogP contribution in [-0.2, 0) is 14.8 Å². The molecule has 2 aliphatic heterocycles. The van der Waals surface area contributed by atoms with Crippen molar-refractivity contribution in [2.75, 3.05) is 38.6 Å². The maximum atomic E-state index is 13.7. The molecule has 0 bridgehead atoms. The Kier molecular flexibility index (Phi) is 7.74. The number of aromatic nitrogens is 5. The average Bonchev–Trinajstić information content (AvgIpc) is 3.58. The average molecular weight is 558 g/mol. The second kappa shape index (κ2) is 11.1. The lowest BCUT2D eigenvalue weighted by Gasteiger charge is -2.34. The van der Waals surface area contributed by atoms with Gasteiger partial charge in [-0.15, -0.1) is 10.2 Å². The topological polar surface area (TPSA) is 134 Å². The van der Waals surface area contributed by atoms with Crippen LogP contribution in [0.4, 0.5) is 5.95 Å². The second-order valence-electron chi connectivity index (χ2n) is 10.1. The number of nitrogens with one attached hydrogen (secondary N) is 1. The monoisotopic (exact) mass is 557 g/mol. The molecule has 0 spiro atoms. The Bertz CT molecular complexity index is 1390. The first kappa shape index (κ1) is 27.3. The third-order valence-corrected chi connectivity index (χ3v) is 9.48. The minimum Gasteiger partial charge on any atom is -0.494 e. The van der Waals surface area contributed by atoms with Gasteiger partial charge < -0.3 is 14.2 Å². The van der Waals surface area contributed by atoms with Gasteiger partial charge in [0.25, 0.3) is 0 Å². The number of hydrogen-bond donors (Lipinski definition) is 1. The van der Waals surface area contributed by atoms with Crippen molar-refractivity contribution in [3.63, 3.8) is 0 Å². The van der Waals surface area contributed by atoms with E-state index in [4.69, 9.17) is 14.2 Å². The smallest absolute Gasteiger partial charge is 0.243 e. The number of sulfonamides is 1. The van der Waals surface area contributed by atoms with Crippen molar-refractivity contribution in [2.45, 2.75) is 56.9 Å². The van der Waals surface area contributed by atoms with Crippen LogP contribution < -0.4 is 14.2 Å². The Hall–Kier alpha value is -3.29. The van der Waals surface area contributed by atoms with Gasteiger partial charge in [0.1, 0.15) is 29.1 Å². The van der Waals surface area contributed by atoms with Gasteiger partial charge in [-0.25, -0.2) is 18.4 Å². The van der Waals surface area contributed by atoms with Crippen LogP contribution in [0.2, 0.25) is 0 Å². The van der Waals surface area contributed by atoms with Gasteiger partial charge in [0.2, 0.25) is 16.0 Å². The highest BCUT2D eigenvalue weighted by atomic mass is 32.2. The fourth-order valence-electron chi connectivity index (χ4n) is 5.15. The van der Waals surface area contributed by atoms with E-state index in [1.807, 2.05) is 6.92 Å². The fourth-order valence-corrected chi connectivity index (χ4v) is 6.39. The van der Waals surface area contributed by atoms with Crippen molar-refractivity contribution in [3.05, 3.63) is 47.8 Å². The van der Waals surface area contributed by atoms with Crippen molar-refractivity contribution in [1.82, 2.24) is 29.6 Å². The molecule has 2 fully saturated rings. The summed E-state index contributed by atoms with van der Waals surface area (Å²) in [6, 6.07) is 5.74. The van der Waals surface area contributed by atoms with Crippen LogP contribution in [0.3, 0.4) is 0 Å². The van der Waals surface area contributed by atoms with Crippen molar-refractivity contribution < 1.29 is 22.6 Å². The SMILES string of the molecule is COc1cccc(OC)c1-n1c(NS(=O)(=O)C(C)C(C)c2ncc(C)cn2)nnc1[C@H]1CN2CCC[C@@H]2CO1. The Labute approximate surface area is 228 Å². The van der Waals surface area contributed by atoms with Crippen LogP contribution in [0.25, 0.3) is 5.69 Å². The number of morpholine rings is 1. The first-order valence-electron chi connectivity index (χ1n) is 13.1. The van der Waals surface area contributed by atoms with Gasteiger partial charge in [0.15, 0.2) is 5.82 Å². The molecule has 1 N–H and O–H groups in total. The van der Waals surface area contributed by atoms with E-state index in [-0.39, 0.29) is 5.95 Å². The molecule has 0 amide bonds. The van der Waals surface area contributed by atoms with Gasteiger partial charge in [0, 0.05) is 30.9 Å². The van der Waals surface area contributed by atoms with Gasteiger partial charge in [-0.3, -0.25) is 14.2 Å². The fraction of sp³-hybridized carbons (Fsp3) is 0.538. The summed E-state index contributed by atoms with van der Waals surface area (Å²) in [7, 11) is -0.868. The molecule has 0 radical (unpaired) electrons. The van der Waals surface area contributed by atoms with E-state index in [1.165, 1.54) is 0 Å². The molecule has 2 unspecified atom stereocenters. The standard InChI is InChI=1S/C26H35N7O5S/c1-16-12-27-24(28-13-16)17(2)18(3)39(34,35)31-26-30-29-25(22-14-32-11-7-8-19(32)15-38-22)33(26)23-20(36-4)9-6-10-21(23)37-5/h6,9-10,12-13,17-19,22H,7-8,11,14-15H2,1-5H3,(H,30,31)/t17?,18?,19-,22-/m1/s1. The van der Waals surface area contributed by atoms with Crippen LogP contribution in [0.15, 0.2) is 30.6 Å². The zero-order valence-electron chi connectivity index (χ0n) is 22.9. The number of aryl methyl sites for hydroxylation is 1. The minimum atomic E-state index is -3.96. The lowest BCUT2D eigenvalue weighted by atomic mass is 10.1. The van der Waals surface area contributed by atoms with Crippen molar-refractivity contribution >= 4 is 16.0 Å². The number of methoxy groups -OCH3 is 2. The number of benzene rings is 1. The minimum absolute atomic E-state index is 0.0174. The summed E-state index contributed by atoms with van der Waals surface area (Å²) >= 11 is 0. The molecule has 210 valence electrons. The summed E-state index contributed by atoms with van der Waals surface area (Å²) in [6.07, 6.45) is 5.16. The molecule has 2 saturated heterocycles. The predicted octanol–water partition coefficient (Wildman–Crippen LogP) is 2.85. The van der Waals surface area contributed by atoms with E-state index >= 15 is 0 Å². The Balaban J connectivity index is 1.54. The quantitative estimate of drug-likeness (QED) is 0.419. The lowest BCUT2D eigenvalue weighted by Crippen LogP contribution is -2.43. The van der Waals surface area contributed by atoms with Gasteiger partial charge in [-0.1, -0.05) is 13.0 Å². The zero-order chi connectivity index (χ0) is 27.7. The van der Waals surface area contributed by atoms with Crippen molar-refractivity contribution in [1.29, 1.82) is 0 Å². The summed E-state index contributed by atoms with van der Waals surface area (Å²) in [4.78, 5) is 11.1. The van der Waals surface area contributed by atoms with Crippen LogP contribution >= 0.6 is 0 Å². The number of fused-ring (bicyclic) bond motifs is 1. The number of para-hydroxylation sites is 1. The van der Waals surface area contributed by atoms with Gasteiger partial charge in [-0.2, -0.15) is 0 Å². The highest BCUT2D eigenvalue weighted by Gasteiger charge is 2.38. The number of hydrogen-bond acceptors (Lipinski definition) is 10. The third kappa shape index (κ3) is 5.30. The first-order chi connectivity index (χ1) is 18.7. The maximum absolute atomic E-state index is 13.7. The van der Waals surface area contributed by atoms with Gasteiger partial charge in [-0.05, 0) is 50.9 Å². The highest BCUT2D eigenvalue weighted by molar-refractivity contribution is 7.93. The first-order valence-corrected chi connectivity index (χ1v) is 14.6. The summed E-state index contributed by atoms with van der Waals surface area (Å²) < 4.78 is 49.2. The molecule has 39 heavy (non-hydrogen) atoms. The second-order valence-corrected chi connectivity index (χ2v) is 12.1. The third-order valence-electron chi connectivity index (χ3n) is 7.63.